The van der Waals surface area contributed by atoms with Gasteiger partial charge in [-0.2, -0.15) is 0 Å². The molecule has 0 heterocycles. The zero-order valence-corrected chi connectivity index (χ0v) is 9.34. The molecule has 1 rings (SSSR count). The lowest BCUT2D eigenvalue weighted by Crippen LogP contribution is -2.03. The molecule has 2 nitrogen and oxygen atoms in total. The molecule has 72 valence electrons. The van der Waals surface area contributed by atoms with E-state index >= 15 is 0 Å². The van der Waals surface area contributed by atoms with Crippen molar-refractivity contribution >= 4 is 32.9 Å². The zero-order chi connectivity index (χ0) is 10.1. The third-order valence-corrected chi connectivity index (χ3v) is 4.42. The lowest BCUT2D eigenvalue weighted by molar-refractivity contribution is 0.675. The Kier molecular flexibility index (Phi) is 3.22. The summed E-state index contributed by atoms with van der Waals surface area (Å²) in [5.74, 6) is 0.219. The van der Waals surface area contributed by atoms with Crippen LogP contribution in [0.2, 0.25) is 10.0 Å². The highest BCUT2D eigenvalue weighted by molar-refractivity contribution is 7.92. The fourth-order valence-corrected chi connectivity index (χ4v) is 3.14. The van der Waals surface area contributed by atoms with Gasteiger partial charge in [-0.05, 0) is 12.1 Å². The van der Waals surface area contributed by atoms with Gasteiger partial charge in [0.2, 0.25) is 0 Å². The summed E-state index contributed by atoms with van der Waals surface area (Å²) in [6.45, 7) is 1.68. The fraction of sp³-hybridized carbons (Fsp3) is 0.250. The van der Waals surface area contributed by atoms with Crippen molar-refractivity contribution in [3.05, 3.63) is 28.2 Å². The van der Waals surface area contributed by atoms with Crippen molar-refractivity contribution in [2.24, 2.45) is 0 Å². The fourth-order valence-electron chi connectivity index (χ4n) is 0.942. The molecule has 1 unspecified atom stereocenters. The van der Waals surface area contributed by atoms with E-state index in [2.05, 4.69) is 0 Å². The van der Waals surface area contributed by atoms with Gasteiger partial charge in [-0.25, -0.2) is 8.99 Å². The Morgan fingerprint density at radius 1 is 1.38 bits per heavy atom. The van der Waals surface area contributed by atoms with Crippen LogP contribution in [-0.4, -0.2) is 9.96 Å². The maximum atomic E-state index is 11.7. The van der Waals surface area contributed by atoms with Gasteiger partial charge in [-0.15, -0.1) is 0 Å². The topological polar surface area (TPSA) is 40.9 Å². The normalized spacial score (nSPS) is 15.3. The van der Waals surface area contributed by atoms with Crippen molar-refractivity contribution in [1.29, 1.82) is 4.78 Å². The Labute approximate surface area is 87.8 Å². The maximum Gasteiger partial charge on any atom is 0.0844 e. The maximum absolute atomic E-state index is 11.7. The molecular weight excluding hydrogens is 229 g/mol. The van der Waals surface area contributed by atoms with Gasteiger partial charge in [0.25, 0.3) is 0 Å². The minimum atomic E-state index is -2.82. The average molecular weight is 238 g/mol. The van der Waals surface area contributed by atoms with E-state index in [0.717, 1.165) is 0 Å². The second kappa shape index (κ2) is 3.86. The summed E-state index contributed by atoms with van der Waals surface area (Å²) in [6.07, 6.45) is 0. The lowest BCUT2D eigenvalue weighted by Gasteiger charge is -2.08. The van der Waals surface area contributed by atoms with E-state index in [4.69, 9.17) is 28.0 Å². The van der Waals surface area contributed by atoms with Gasteiger partial charge < -0.3 is 0 Å². The first-order valence-corrected chi connectivity index (χ1v) is 6.18. The van der Waals surface area contributed by atoms with Crippen molar-refractivity contribution in [1.82, 2.24) is 0 Å². The van der Waals surface area contributed by atoms with Gasteiger partial charge in [-0.1, -0.05) is 36.2 Å². The summed E-state index contributed by atoms with van der Waals surface area (Å²) in [4.78, 5) is 0.251. The van der Waals surface area contributed by atoms with Crippen LogP contribution in [0.25, 0.3) is 0 Å². The molecule has 5 heteroatoms. The first kappa shape index (κ1) is 10.8. The minimum Gasteiger partial charge on any atom is -0.249 e. The molecule has 0 aliphatic heterocycles. The molecule has 0 aromatic heterocycles. The van der Waals surface area contributed by atoms with Crippen LogP contribution in [-0.2, 0) is 9.73 Å². The number of halogens is 2. The van der Waals surface area contributed by atoms with Crippen LogP contribution in [0.5, 0.6) is 0 Å². The van der Waals surface area contributed by atoms with Gasteiger partial charge in [-0.3, -0.25) is 0 Å². The van der Waals surface area contributed by atoms with Crippen molar-refractivity contribution in [3.63, 3.8) is 0 Å². The molecule has 0 spiro atoms. The molecule has 0 bridgehead atoms. The van der Waals surface area contributed by atoms with Crippen LogP contribution in [0, 0.1) is 4.78 Å². The van der Waals surface area contributed by atoms with Gasteiger partial charge in [0.05, 0.1) is 24.7 Å². The highest BCUT2D eigenvalue weighted by Gasteiger charge is 2.15. The second-order valence-electron chi connectivity index (χ2n) is 2.51. The van der Waals surface area contributed by atoms with E-state index in [1.54, 1.807) is 25.1 Å². The summed E-state index contributed by atoms with van der Waals surface area (Å²) in [7, 11) is -2.82. The summed E-state index contributed by atoms with van der Waals surface area (Å²) >= 11 is 11.6. The Bertz CT molecular complexity index is 394. The Hall–Kier alpha value is -0.250. The zero-order valence-electron chi connectivity index (χ0n) is 7.01. The van der Waals surface area contributed by atoms with Crippen LogP contribution in [0.15, 0.2) is 23.1 Å². The van der Waals surface area contributed by atoms with Gasteiger partial charge in [0.1, 0.15) is 0 Å². The van der Waals surface area contributed by atoms with E-state index in [0.29, 0.717) is 10.0 Å². The molecule has 0 saturated carbocycles. The molecular formula is C8H9Cl2NOS. The van der Waals surface area contributed by atoms with Gasteiger partial charge >= 0.3 is 0 Å². The van der Waals surface area contributed by atoms with Gasteiger partial charge in [0.15, 0.2) is 0 Å². The van der Waals surface area contributed by atoms with Crippen LogP contribution in [0.4, 0.5) is 0 Å². The molecule has 0 aliphatic carbocycles. The summed E-state index contributed by atoms with van der Waals surface area (Å²) in [5, 5.41) is 0.601. The van der Waals surface area contributed by atoms with Crippen LogP contribution < -0.4 is 0 Å². The molecule has 13 heavy (non-hydrogen) atoms. The SMILES string of the molecule is CCS(=N)(=O)c1c(Cl)cccc1Cl. The van der Waals surface area contributed by atoms with Crippen molar-refractivity contribution < 1.29 is 4.21 Å². The van der Waals surface area contributed by atoms with E-state index in [9.17, 15) is 4.21 Å². The summed E-state index contributed by atoms with van der Waals surface area (Å²) in [5.41, 5.74) is 0. The van der Waals surface area contributed by atoms with Crippen LogP contribution in [0.3, 0.4) is 0 Å². The summed E-state index contributed by atoms with van der Waals surface area (Å²) < 4.78 is 19.3. The van der Waals surface area contributed by atoms with Gasteiger partial charge in [0, 0.05) is 5.75 Å². The van der Waals surface area contributed by atoms with E-state index in [1.807, 2.05) is 0 Å². The van der Waals surface area contributed by atoms with Crippen LogP contribution in [0.1, 0.15) is 6.92 Å². The Morgan fingerprint density at radius 2 is 1.85 bits per heavy atom. The number of hydrogen-bond acceptors (Lipinski definition) is 2. The monoisotopic (exact) mass is 237 g/mol. The lowest BCUT2D eigenvalue weighted by atomic mass is 10.4. The van der Waals surface area contributed by atoms with Crippen molar-refractivity contribution in [2.45, 2.75) is 11.8 Å². The number of hydrogen-bond donors (Lipinski definition) is 1. The third-order valence-electron chi connectivity index (χ3n) is 1.66. The number of nitrogens with one attached hydrogen (secondary N) is 1. The molecule has 0 amide bonds. The first-order valence-electron chi connectivity index (χ1n) is 3.69. The largest absolute Gasteiger partial charge is 0.249 e. The average Bonchev–Trinajstić information content (AvgIpc) is 2.03. The Balaban J connectivity index is 3.46. The highest BCUT2D eigenvalue weighted by Crippen LogP contribution is 2.29. The van der Waals surface area contributed by atoms with E-state index < -0.39 is 9.73 Å². The first-order chi connectivity index (χ1) is 5.99. The quantitative estimate of drug-likeness (QED) is 0.842. The van der Waals surface area contributed by atoms with E-state index in [-0.39, 0.29) is 10.6 Å². The minimum absolute atomic E-state index is 0.219. The number of rotatable bonds is 2. The molecule has 0 aliphatic rings. The standard InChI is InChI=1S/C8H9Cl2NOS/c1-2-13(11,12)8-6(9)4-3-5-7(8)10/h3-5,11H,2H2,1H3. The molecule has 1 aromatic rings. The Morgan fingerprint density at radius 3 is 2.23 bits per heavy atom. The molecule has 0 radical (unpaired) electrons. The predicted molar refractivity (Wildman–Crippen MR) is 56.1 cm³/mol. The molecule has 0 saturated heterocycles. The molecule has 1 N–H and O–H groups in total. The van der Waals surface area contributed by atoms with Crippen molar-refractivity contribution in [3.8, 4) is 0 Å². The summed E-state index contributed by atoms with van der Waals surface area (Å²) in [6, 6.07) is 4.85. The smallest absolute Gasteiger partial charge is 0.0844 e. The molecule has 1 atom stereocenters. The van der Waals surface area contributed by atoms with E-state index in [1.165, 1.54) is 0 Å². The molecule has 0 fully saturated rings. The molecule has 1 aromatic carbocycles. The number of benzene rings is 1. The second-order valence-corrected chi connectivity index (χ2v) is 5.67. The predicted octanol–water partition coefficient (Wildman–Crippen LogP) is 3.42. The third kappa shape index (κ3) is 2.16. The highest BCUT2D eigenvalue weighted by atomic mass is 35.5. The van der Waals surface area contributed by atoms with Crippen LogP contribution >= 0.6 is 23.2 Å². The van der Waals surface area contributed by atoms with Crippen molar-refractivity contribution in [2.75, 3.05) is 5.75 Å².